The molecule has 1 saturated heterocycles. The Bertz CT molecular complexity index is 1750. The number of benzene rings is 2. The summed E-state index contributed by atoms with van der Waals surface area (Å²) in [4.78, 5) is 12.4. The van der Waals surface area contributed by atoms with Gasteiger partial charge in [-0.3, -0.25) is 10.1 Å². The summed E-state index contributed by atoms with van der Waals surface area (Å²) in [6.07, 6.45) is 7.61. The van der Waals surface area contributed by atoms with Gasteiger partial charge < -0.3 is 15.0 Å². The lowest BCUT2D eigenvalue weighted by atomic mass is 10.0. The number of hydrogen-bond donors (Lipinski definition) is 3. The van der Waals surface area contributed by atoms with E-state index in [-0.39, 0.29) is 11.9 Å². The zero-order chi connectivity index (χ0) is 25.5. The van der Waals surface area contributed by atoms with E-state index in [1.807, 2.05) is 18.3 Å². The lowest BCUT2D eigenvalue weighted by molar-refractivity contribution is 0.162. The molecule has 38 heavy (non-hydrogen) atoms. The van der Waals surface area contributed by atoms with E-state index < -0.39 is 0 Å². The van der Waals surface area contributed by atoms with E-state index >= 15 is 0 Å². The first-order valence-corrected chi connectivity index (χ1v) is 12.8. The molecule has 0 bridgehead atoms. The minimum atomic E-state index is -0.258. The van der Waals surface area contributed by atoms with Crippen LogP contribution in [0.2, 0.25) is 0 Å². The van der Waals surface area contributed by atoms with E-state index in [0.717, 1.165) is 87.3 Å². The first-order valence-electron chi connectivity index (χ1n) is 12.8. The average Bonchev–Trinajstić information content (AvgIpc) is 3.58. The molecular formula is C30H25FN6O. The number of hydrogen-bond acceptors (Lipinski definition) is 5. The van der Waals surface area contributed by atoms with Crippen LogP contribution < -0.4 is 10.1 Å². The summed E-state index contributed by atoms with van der Waals surface area (Å²) in [6.45, 7) is 1.96. The molecule has 4 aromatic heterocycles. The number of nitrogens with zero attached hydrogens (tertiary/aromatic N) is 3. The summed E-state index contributed by atoms with van der Waals surface area (Å²) in [5.74, 6) is 0.531. The summed E-state index contributed by atoms with van der Waals surface area (Å²) in [5, 5.41) is 13.1. The number of aromatic amines is 2. The Kier molecular flexibility index (Phi) is 5.59. The maximum atomic E-state index is 13.5. The molecule has 8 heteroatoms. The van der Waals surface area contributed by atoms with E-state index in [1.165, 1.54) is 12.1 Å². The second-order valence-electron chi connectivity index (χ2n) is 9.62. The summed E-state index contributed by atoms with van der Waals surface area (Å²) in [6, 6.07) is 18.8. The van der Waals surface area contributed by atoms with Gasteiger partial charge in [0.05, 0.1) is 17.4 Å². The van der Waals surface area contributed by atoms with Gasteiger partial charge in [0.25, 0.3) is 0 Å². The van der Waals surface area contributed by atoms with Crippen LogP contribution in [0.3, 0.4) is 0 Å². The molecule has 7 rings (SSSR count). The molecule has 1 fully saturated rings. The van der Waals surface area contributed by atoms with Crippen molar-refractivity contribution in [2.75, 3.05) is 13.1 Å². The van der Waals surface area contributed by atoms with Gasteiger partial charge in [0.2, 0.25) is 0 Å². The highest BCUT2D eigenvalue weighted by molar-refractivity contribution is 6.00. The number of ether oxygens (including phenoxy) is 1. The second kappa shape index (κ2) is 9.39. The van der Waals surface area contributed by atoms with Crippen LogP contribution in [-0.4, -0.2) is 44.3 Å². The van der Waals surface area contributed by atoms with E-state index in [0.29, 0.717) is 0 Å². The van der Waals surface area contributed by atoms with Gasteiger partial charge in [0.15, 0.2) is 0 Å². The highest BCUT2D eigenvalue weighted by Crippen LogP contribution is 2.35. The minimum absolute atomic E-state index is 0.215. The quantitative estimate of drug-likeness (QED) is 0.264. The van der Waals surface area contributed by atoms with Gasteiger partial charge >= 0.3 is 0 Å². The monoisotopic (exact) mass is 504 g/mol. The molecule has 1 aliphatic rings. The van der Waals surface area contributed by atoms with Gasteiger partial charge in [-0.1, -0.05) is 18.2 Å². The fourth-order valence-corrected chi connectivity index (χ4v) is 5.18. The Morgan fingerprint density at radius 1 is 0.842 bits per heavy atom. The van der Waals surface area contributed by atoms with Crippen molar-refractivity contribution in [3.63, 3.8) is 0 Å². The molecule has 188 valence electrons. The summed E-state index contributed by atoms with van der Waals surface area (Å²) >= 11 is 0. The van der Waals surface area contributed by atoms with Gasteiger partial charge in [0, 0.05) is 28.7 Å². The number of H-pyrrole nitrogens is 2. The number of piperidine rings is 1. The maximum Gasteiger partial charge on any atom is 0.138 e. The third-order valence-corrected chi connectivity index (χ3v) is 7.14. The van der Waals surface area contributed by atoms with Crippen LogP contribution in [0.15, 0.2) is 79.3 Å². The lowest BCUT2D eigenvalue weighted by Crippen LogP contribution is -2.34. The van der Waals surface area contributed by atoms with Crippen LogP contribution in [0, 0.1) is 5.82 Å². The maximum absolute atomic E-state index is 13.5. The van der Waals surface area contributed by atoms with Crippen LogP contribution in [0.4, 0.5) is 4.39 Å². The fourth-order valence-electron chi connectivity index (χ4n) is 5.18. The van der Waals surface area contributed by atoms with Crippen LogP contribution >= 0.6 is 0 Å². The topological polar surface area (TPSA) is 91.5 Å². The van der Waals surface area contributed by atoms with Gasteiger partial charge in [-0.15, -0.1) is 0 Å². The molecule has 1 aliphatic heterocycles. The first kappa shape index (κ1) is 22.6. The molecule has 0 radical (unpaired) electrons. The summed E-state index contributed by atoms with van der Waals surface area (Å²) in [7, 11) is 0. The molecule has 3 N–H and O–H groups in total. The van der Waals surface area contributed by atoms with Gasteiger partial charge in [-0.05, 0) is 85.1 Å². The molecule has 5 heterocycles. The third-order valence-electron chi connectivity index (χ3n) is 7.14. The van der Waals surface area contributed by atoms with Crippen molar-refractivity contribution in [1.82, 2.24) is 30.5 Å². The number of fused-ring (bicyclic) bond motifs is 2. The molecule has 0 unspecified atom stereocenters. The van der Waals surface area contributed by atoms with Gasteiger partial charge in [-0.2, -0.15) is 5.10 Å². The fraction of sp³-hybridized carbons (Fsp3) is 0.167. The molecule has 0 saturated carbocycles. The van der Waals surface area contributed by atoms with Crippen molar-refractivity contribution < 1.29 is 9.13 Å². The summed E-state index contributed by atoms with van der Waals surface area (Å²) in [5.41, 5.74) is 7.27. The van der Waals surface area contributed by atoms with E-state index in [2.05, 4.69) is 54.7 Å². The molecular weight excluding hydrogens is 479 g/mol. The first-order chi connectivity index (χ1) is 18.7. The second-order valence-corrected chi connectivity index (χ2v) is 9.62. The predicted molar refractivity (Wildman–Crippen MR) is 146 cm³/mol. The van der Waals surface area contributed by atoms with E-state index in [9.17, 15) is 4.39 Å². The third kappa shape index (κ3) is 4.18. The van der Waals surface area contributed by atoms with E-state index in [1.54, 1.807) is 24.5 Å². The number of rotatable bonds is 5. The van der Waals surface area contributed by atoms with Crippen molar-refractivity contribution >= 4 is 21.9 Å². The van der Waals surface area contributed by atoms with Crippen molar-refractivity contribution in [3.8, 4) is 39.4 Å². The summed E-state index contributed by atoms with van der Waals surface area (Å²) < 4.78 is 19.7. The zero-order valence-electron chi connectivity index (χ0n) is 20.5. The Balaban J connectivity index is 1.25. The highest BCUT2D eigenvalue weighted by Gasteiger charge is 2.17. The smallest absolute Gasteiger partial charge is 0.138 e. The van der Waals surface area contributed by atoms with Crippen LogP contribution in [-0.2, 0) is 0 Å². The zero-order valence-corrected chi connectivity index (χ0v) is 20.5. The molecule has 0 amide bonds. The van der Waals surface area contributed by atoms with Gasteiger partial charge in [0.1, 0.15) is 29.0 Å². The molecule has 2 aromatic carbocycles. The normalized spacial score (nSPS) is 14.3. The Hall–Kier alpha value is -4.56. The van der Waals surface area contributed by atoms with Crippen LogP contribution in [0.1, 0.15) is 12.8 Å². The van der Waals surface area contributed by atoms with Gasteiger partial charge in [-0.25, -0.2) is 9.37 Å². The minimum Gasteiger partial charge on any atom is -0.489 e. The van der Waals surface area contributed by atoms with Crippen molar-refractivity contribution in [3.05, 3.63) is 85.1 Å². The lowest BCUT2D eigenvalue weighted by Gasteiger charge is -2.23. The van der Waals surface area contributed by atoms with Crippen LogP contribution in [0.25, 0.3) is 55.6 Å². The molecule has 0 aliphatic carbocycles. The van der Waals surface area contributed by atoms with Crippen molar-refractivity contribution in [2.24, 2.45) is 0 Å². The Labute approximate surface area is 218 Å². The number of aromatic nitrogens is 5. The molecule has 0 atom stereocenters. The van der Waals surface area contributed by atoms with Crippen molar-refractivity contribution in [2.45, 2.75) is 18.9 Å². The average molecular weight is 505 g/mol. The number of pyridine rings is 2. The molecule has 7 nitrogen and oxygen atoms in total. The van der Waals surface area contributed by atoms with Crippen molar-refractivity contribution in [1.29, 1.82) is 0 Å². The SMILES string of the molecule is Fc1ccc(-c2ccnc3[nH]c(-c4n[nH]c5ccc(-c6cncc(OC7CCNCC7)c6)cc45)cc23)cc1. The largest absolute Gasteiger partial charge is 0.489 e. The molecule has 6 aromatic rings. The predicted octanol–water partition coefficient (Wildman–Crippen LogP) is 6.11. The standard InChI is InChI=1S/C30H25FN6O/c31-21-4-1-18(2-5-21)24-9-12-34-30-25(24)15-28(35-30)29-26-14-19(3-6-27(26)36-37-29)20-13-23(17-33-16-20)38-22-7-10-32-11-8-22/h1-6,9,12-17,22,32H,7-8,10-11H2,(H,34,35)(H,36,37). The Morgan fingerprint density at radius 3 is 2.55 bits per heavy atom. The molecule has 0 spiro atoms. The Morgan fingerprint density at radius 2 is 1.68 bits per heavy atom. The van der Waals surface area contributed by atoms with Crippen LogP contribution in [0.5, 0.6) is 5.75 Å². The van der Waals surface area contributed by atoms with E-state index in [4.69, 9.17) is 4.74 Å². The number of halogens is 1. The number of nitrogens with one attached hydrogen (secondary N) is 3. The highest BCUT2D eigenvalue weighted by atomic mass is 19.1.